The maximum atomic E-state index is 14.3. The smallest absolute Gasteiger partial charge is 0.408 e. The van der Waals surface area contributed by atoms with Gasteiger partial charge in [-0.15, -0.1) is 0 Å². The van der Waals surface area contributed by atoms with Crippen LogP contribution in [0.1, 0.15) is 51.8 Å². The normalized spacial score (nSPS) is 13.4. The van der Waals surface area contributed by atoms with Gasteiger partial charge in [-0.3, -0.25) is 4.79 Å². The van der Waals surface area contributed by atoms with Crippen LogP contribution in [0.25, 0.3) is 0 Å². The number of halogens is 3. The molecular weight excluding hydrogens is 311 g/mol. The van der Waals surface area contributed by atoms with Gasteiger partial charge in [-0.25, -0.2) is 9.18 Å². The first-order chi connectivity index (χ1) is 10.4. The Labute approximate surface area is 133 Å². The minimum absolute atomic E-state index is 0.158. The molecule has 0 aliphatic rings. The first-order valence-electron chi connectivity index (χ1n) is 7.03. The van der Waals surface area contributed by atoms with Crippen molar-refractivity contribution < 1.29 is 27.5 Å². The van der Waals surface area contributed by atoms with E-state index in [4.69, 9.17) is 4.74 Å². The fourth-order valence-corrected chi connectivity index (χ4v) is 1.88. The summed E-state index contributed by atoms with van der Waals surface area (Å²) >= 11 is 0. The fraction of sp³-hybridized carbons (Fsp3) is 0.500. The monoisotopic (exact) mass is 331 g/mol. The number of alkyl carbamates (subject to hydrolysis) is 1. The van der Waals surface area contributed by atoms with Crippen molar-refractivity contribution in [2.75, 3.05) is 0 Å². The first kappa shape index (κ1) is 19.0. The summed E-state index contributed by atoms with van der Waals surface area (Å²) in [7, 11) is 0. The zero-order chi connectivity index (χ0) is 18.0. The molecule has 0 radical (unpaired) electrons. The maximum Gasteiger partial charge on any atom is 0.408 e. The first-order valence-corrected chi connectivity index (χ1v) is 7.03. The molecule has 0 unspecified atom stereocenters. The number of amides is 1. The molecule has 0 bridgehead atoms. The number of nitrogens with one attached hydrogen (secondary N) is 1. The van der Waals surface area contributed by atoms with Gasteiger partial charge in [0.1, 0.15) is 11.4 Å². The van der Waals surface area contributed by atoms with E-state index in [0.29, 0.717) is 6.92 Å². The van der Waals surface area contributed by atoms with Crippen molar-refractivity contribution in [1.29, 1.82) is 0 Å². The molecule has 1 atom stereocenters. The summed E-state index contributed by atoms with van der Waals surface area (Å²) in [6.07, 6.45) is -0.798. The number of carbonyl (C=O) groups is 2. The van der Waals surface area contributed by atoms with Crippen LogP contribution in [-0.2, 0) is 15.5 Å². The fourth-order valence-electron chi connectivity index (χ4n) is 1.88. The average molecular weight is 331 g/mol. The van der Waals surface area contributed by atoms with E-state index >= 15 is 0 Å². The van der Waals surface area contributed by atoms with Crippen LogP contribution in [0.3, 0.4) is 0 Å². The van der Waals surface area contributed by atoms with Crippen molar-refractivity contribution in [3.63, 3.8) is 0 Å². The number of ether oxygens (including phenoxy) is 1. The summed E-state index contributed by atoms with van der Waals surface area (Å²) in [6.45, 7) is 7.09. The van der Waals surface area contributed by atoms with Crippen molar-refractivity contribution >= 4 is 11.9 Å². The standard InChI is InChI=1S/C16H20F3NO3/c1-9(20-14(22)23-15(3,4)5)11-7-6-8-12(13(11)17)16(18,19)10(2)21/h6-9H,1-5H3,(H,20,22)/t9-/m1/s1. The van der Waals surface area contributed by atoms with Gasteiger partial charge in [0.05, 0.1) is 11.6 Å². The molecular formula is C16H20F3NO3. The SMILES string of the molecule is CC(=O)C(F)(F)c1cccc([C@@H](C)NC(=O)OC(C)(C)C)c1F. The molecule has 0 heterocycles. The molecule has 0 aliphatic heterocycles. The highest BCUT2D eigenvalue weighted by molar-refractivity contribution is 5.84. The Morgan fingerprint density at radius 1 is 1.22 bits per heavy atom. The van der Waals surface area contributed by atoms with Crippen LogP contribution in [-0.4, -0.2) is 17.5 Å². The van der Waals surface area contributed by atoms with Gasteiger partial charge in [0.15, 0.2) is 0 Å². The van der Waals surface area contributed by atoms with Crippen LogP contribution in [0.5, 0.6) is 0 Å². The molecule has 128 valence electrons. The van der Waals surface area contributed by atoms with Crippen molar-refractivity contribution in [2.45, 2.75) is 52.2 Å². The number of hydrogen-bond donors (Lipinski definition) is 1. The summed E-state index contributed by atoms with van der Waals surface area (Å²) in [5.74, 6) is -6.61. The van der Waals surface area contributed by atoms with Gasteiger partial charge < -0.3 is 10.1 Å². The van der Waals surface area contributed by atoms with E-state index in [-0.39, 0.29) is 5.56 Å². The van der Waals surface area contributed by atoms with E-state index < -0.39 is 40.8 Å². The van der Waals surface area contributed by atoms with Gasteiger partial charge in [0.2, 0.25) is 5.78 Å². The molecule has 0 aromatic heterocycles. The maximum absolute atomic E-state index is 14.3. The van der Waals surface area contributed by atoms with Gasteiger partial charge in [-0.2, -0.15) is 8.78 Å². The van der Waals surface area contributed by atoms with E-state index in [0.717, 1.165) is 6.07 Å². The second-order valence-corrected chi connectivity index (χ2v) is 6.21. The minimum atomic E-state index is -3.92. The van der Waals surface area contributed by atoms with Crippen molar-refractivity contribution in [3.8, 4) is 0 Å². The molecule has 0 spiro atoms. The predicted octanol–water partition coefficient (Wildman–Crippen LogP) is 4.09. The van der Waals surface area contributed by atoms with E-state index in [2.05, 4.69) is 5.32 Å². The Morgan fingerprint density at radius 2 is 1.78 bits per heavy atom. The summed E-state index contributed by atoms with van der Waals surface area (Å²) in [4.78, 5) is 22.7. The third-order valence-electron chi connectivity index (χ3n) is 3.01. The summed E-state index contributed by atoms with van der Waals surface area (Å²) in [5, 5.41) is 2.37. The molecule has 0 saturated heterocycles. The predicted molar refractivity (Wildman–Crippen MR) is 78.8 cm³/mol. The van der Waals surface area contributed by atoms with Crippen LogP contribution in [0.4, 0.5) is 18.0 Å². The van der Waals surface area contributed by atoms with Gasteiger partial charge in [-0.1, -0.05) is 12.1 Å². The Hall–Kier alpha value is -2.05. The number of ketones is 1. The highest BCUT2D eigenvalue weighted by atomic mass is 19.3. The van der Waals surface area contributed by atoms with Crippen LogP contribution in [0.2, 0.25) is 0 Å². The van der Waals surface area contributed by atoms with Crippen molar-refractivity contribution in [3.05, 3.63) is 35.1 Å². The lowest BCUT2D eigenvalue weighted by molar-refractivity contribution is -0.142. The molecule has 0 saturated carbocycles. The topological polar surface area (TPSA) is 55.4 Å². The average Bonchev–Trinajstić information content (AvgIpc) is 2.35. The summed E-state index contributed by atoms with van der Waals surface area (Å²) < 4.78 is 46.9. The zero-order valence-corrected chi connectivity index (χ0v) is 13.7. The zero-order valence-electron chi connectivity index (χ0n) is 13.7. The molecule has 0 fully saturated rings. The Bertz CT molecular complexity index is 609. The minimum Gasteiger partial charge on any atom is -0.444 e. The summed E-state index contributed by atoms with van der Waals surface area (Å²) in [5.41, 5.74) is -1.92. The number of rotatable bonds is 4. The number of benzene rings is 1. The number of alkyl halides is 2. The Kier molecular flexibility index (Phi) is 5.45. The van der Waals surface area contributed by atoms with Crippen molar-refractivity contribution in [2.24, 2.45) is 0 Å². The number of hydrogen-bond acceptors (Lipinski definition) is 3. The van der Waals surface area contributed by atoms with E-state index in [1.165, 1.54) is 19.1 Å². The molecule has 1 rings (SSSR count). The third-order valence-corrected chi connectivity index (χ3v) is 3.01. The largest absolute Gasteiger partial charge is 0.444 e. The second kappa shape index (κ2) is 6.60. The van der Waals surface area contributed by atoms with Crippen LogP contribution >= 0.6 is 0 Å². The molecule has 1 aromatic rings. The van der Waals surface area contributed by atoms with E-state index in [9.17, 15) is 22.8 Å². The molecule has 0 aliphatic carbocycles. The molecule has 1 N–H and O–H groups in total. The number of Topliss-reactive ketones (excluding diaryl/α,β-unsaturated/α-hetero) is 1. The molecule has 23 heavy (non-hydrogen) atoms. The van der Waals surface area contributed by atoms with Crippen LogP contribution in [0, 0.1) is 5.82 Å². The second-order valence-electron chi connectivity index (χ2n) is 6.21. The van der Waals surface area contributed by atoms with Gasteiger partial charge >= 0.3 is 12.0 Å². The molecule has 4 nitrogen and oxygen atoms in total. The van der Waals surface area contributed by atoms with Gasteiger partial charge in [0, 0.05) is 12.5 Å². The molecule has 1 aromatic carbocycles. The summed E-state index contributed by atoms with van der Waals surface area (Å²) in [6, 6.07) is 2.41. The lowest BCUT2D eigenvalue weighted by Gasteiger charge is -2.23. The highest BCUT2D eigenvalue weighted by Gasteiger charge is 2.40. The van der Waals surface area contributed by atoms with Gasteiger partial charge in [0.25, 0.3) is 0 Å². The Morgan fingerprint density at radius 3 is 2.26 bits per heavy atom. The van der Waals surface area contributed by atoms with Crippen LogP contribution in [0.15, 0.2) is 18.2 Å². The highest BCUT2D eigenvalue weighted by Crippen LogP contribution is 2.33. The number of carbonyl (C=O) groups excluding carboxylic acids is 2. The van der Waals surface area contributed by atoms with Gasteiger partial charge in [-0.05, 0) is 33.8 Å². The molecule has 1 amide bonds. The molecule has 7 heteroatoms. The lowest BCUT2D eigenvalue weighted by atomic mass is 9.98. The van der Waals surface area contributed by atoms with Crippen molar-refractivity contribution in [1.82, 2.24) is 5.32 Å². The van der Waals surface area contributed by atoms with E-state index in [1.807, 2.05) is 0 Å². The van der Waals surface area contributed by atoms with E-state index in [1.54, 1.807) is 20.8 Å². The lowest BCUT2D eigenvalue weighted by Crippen LogP contribution is -2.34. The Balaban J connectivity index is 3.06. The van der Waals surface area contributed by atoms with Crippen LogP contribution < -0.4 is 5.32 Å². The quantitative estimate of drug-likeness (QED) is 0.904. The third kappa shape index (κ3) is 4.71.